The largest absolute Gasteiger partial charge is 0.508 e. The number of benzene rings is 1. The molecule has 3 nitrogen and oxygen atoms in total. The standard InChI is InChI=1S/C14H17NO2/c16-12-6-7-13-11(10-12)4-3-8-15(13)14-5-1-2-9-17-14/h3-4,6-7,10,14,16H,1-2,5,8-9H2. The van der Waals surface area contributed by atoms with Crippen LogP contribution in [-0.4, -0.2) is 24.5 Å². The Kier molecular flexibility index (Phi) is 2.77. The molecule has 1 unspecified atom stereocenters. The minimum Gasteiger partial charge on any atom is -0.508 e. The lowest BCUT2D eigenvalue weighted by atomic mass is 10.1. The van der Waals surface area contributed by atoms with Crippen LogP contribution in [0, 0.1) is 0 Å². The normalized spacial score (nSPS) is 23.5. The first-order chi connectivity index (χ1) is 8.34. The van der Waals surface area contributed by atoms with Crippen molar-refractivity contribution in [1.29, 1.82) is 0 Å². The van der Waals surface area contributed by atoms with E-state index in [9.17, 15) is 5.11 Å². The molecule has 2 aliphatic heterocycles. The second kappa shape index (κ2) is 4.41. The quantitative estimate of drug-likeness (QED) is 0.806. The number of fused-ring (bicyclic) bond motifs is 1. The Hall–Kier alpha value is -1.48. The molecule has 17 heavy (non-hydrogen) atoms. The molecule has 2 aliphatic rings. The van der Waals surface area contributed by atoms with E-state index in [0.29, 0.717) is 5.75 Å². The molecule has 3 heteroatoms. The number of hydrogen-bond acceptors (Lipinski definition) is 3. The number of ether oxygens (including phenoxy) is 1. The van der Waals surface area contributed by atoms with Crippen molar-refractivity contribution in [2.45, 2.75) is 25.5 Å². The van der Waals surface area contributed by atoms with E-state index in [1.165, 1.54) is 12.8 Å². The van der Waals surface area contributed by atoms with Gasteiger partial charge in [-0.2, -0.15) is 0 Å². The lowest BCUT2D eigenvalue weighted by Gasteiger charge is -2.37. The molecule has 1 atom stereocenters. The number of nitrogens with zero attached hydrogens (tertiary/aromatic N) is 1. The minimum atomic E-state index is 0.192. The van der Waals surface area contributed by atoms with Crippen molar-refractivity contribution in [3.8, 4) is 5.75 Å². The first kappa shape index (κ1) is 10.7. The fraction of sp³-hybridized carbons (Fsp3) is 0.429. The lowest BCUT2D eigenvalue weighted by molar-refractivity contribution is 0.0155. The highest BCUT2D eigenvalue weighted by Gasteiger charge is 2.24. The van der Waals surface area contributed by atoms with Crippen LogP contribution in [0.25, 0.3) is 6.08 Å². The number of rotatable bonds is 1. The Morgan fingerprint density at radius 2 is 2.24 bits per heavy atom. The van der Waals surface area contributed by atoms with Gasteiger partial charge in [-0.3, -0.25) is 0 Å². The summed E-state index contributed by atoms with van der Waals surface area (Å²) in [6.07, 6.45) is 7.88. The zero-order valence-corrected chi connectivity index (χ0v) is 9.80. The van der Waals surface area contributed by atoms with Crippen LogP contribution >= 0.6 is 0 Å². The first-order valence-electron chi connectivity index (χ1n) is 6.22. The Morgan fingerprint density at radius 1 is 1.29 bits per heavy atom. The predicted molar refractivity (Wildman–Crippen MR) is 68.1 cm³/mol. The van der Waals surface area contributed by atoms with E-state index in [1.807, 2.05) is 6.07 Å². The summed E-state index contributed by atoms with van der Waals surface area (Å²) in [4.78, 5) is 2.29. The summed E-state index contributed by atoms with van der Waals surface area (Å²) in [6, 6.07) is 5.53. The van der Waals surface area contributed by atoms with Gasteiger partial charge in [0.05, 0.1) is 0 Å². The van der Waals surface area contributed by atoms with Crippen LogP contribution in [0.3, 0.4) is 0 Å². The van der Waals surface area contributed by atoms with E-state index in [0.717, 1.165) is 30.8 Å². The molecule has 2 heterocycles. The van der Waals surface area contributed by atoms with E-state index in [4.69, 9.17) is 4.74 Å². The topological polar surface area (TPSA) is 32.7 Å². The Bertz CT molecular complexity index is 436. The van der Waals surface area contributed by atoms with E-state index >= 15 is 0 Å². The van der Waals surface area contributed by atoms with Crippen LogP contribution in [-0.2, 0) is 4.74 Å². The van der Waals surface area contributed by atoms with Gasteiger partial charge in [0, 0.05) is 24.4 Å². The van der Waals surface area contributed by atoms with E-state index < -0.39 is 0 Å². The van der Waals surface area contributed by atoms with Crippen LogP contribution < -0.4 is 4.90 Å². The van der Waals surface area contributed by atoms with Crippen molar-refractivity contribution in [2.75, 3.05) is 18.1 Å². The van der Waals surface area contributed by atoms with Gasteiger partial charge >= 0.3 is 0 Å². The second-order valence-electron chi connectivity index (χ2n) is 4.62. The van der Waals surface area contributed by atoms with Crippen molar-refractivity contribution in [1.82, 2.24) is 0 Å². The average molecular weight is 231 g/mol. The summed E-state index contributed by atoms with van der Waals surface area (Å²) in [5.74, 6) is 0.319. The SMILES string of the molecule is Oc1ccc2c(c1)C=CCN2C1CCCCO1. The first-order valence-corrected chi connectivity index (χ1v) is 6.22. The van der Waals surface area contributed by atoms with Gasteiger partial charge in [0.15, 0.2) is 0 Å². The molecule has 1 aromatic rings. The molecule has 0 aromatic heterocycles. The molecular formula is C14H17NO2. The van der Waals surface area contributed by atoms with Crippen molar-refractivity contribution in [3.05, 3.63) is 29.8 Å². The molecule has 1 aromatic carbocycles. The van der Waals surface area contributed by atoms with Crippen LogP contribution in [0.5, 0.6) is 5.75 Å². The van der Waals surface area contributed by atoms with Gasteiger partial charge in [0.1, 0.15) is 12.0 Å². The molecule has 1 saturated heterocycles. The molecule has 0 spiro atoms. The Balaban J connectivity index is 1.90. The predicted octanol–water partition coefficient (Wildman–Crippen LogP) is 2.75. The molecule has 3 rings (SSSR count). The zero-order valence-electron chi connectivity index (χ0n) is 9.80. The third-order valence-electron chi connectivity index (χ3n) is 3.42. The molecular weight excluding hydrogens is 214 g/mol. The van der Waals surface area contributed by atoms with Gasteiger partial charge in [0.25, 0.3) is 0 Å². The summed E-state index contributed by atoms with van der Waals surface area (Å²) in [6.45, 7) is 1.75. The molecule has 0 radical (unpaired) electrons. The molecule has 90 valence electrons. The summed E-state index contributed by atoms with van der Waals surface area (Å²) >= 11 is 0. The molecule has 0 amide bonds. The maximum absolute atomic E-state index is 9.50. The van der Waals surface area contributed by atoms with Crippen LogP contribution in [0.1, 0.15) is 24.8 Å². The maximum Gasteiger partial charge on any atom is 0.130 e. The number of anilines is 1. The van der Waals surface area contributed by atoms with Crippen LogP contribution in [0.4, 0.5) is 5.69 Å². The fourth-order valence-electron chi connectivity index (χ4n) is 2.57. The molecule has 1 fully saturated rings. The van der Waals surface area contributed by atoms with Crippen molar-refractivity contribution in [2.24, 2.45) is 0 Å². The second-order valence-corrected chi connectivity index (χ2v) is 4.62. The van der Waals surface area contributed by atoms with Crippen LogP contribution in [0.15, 0.2) is 24.3 Å². The Morgan fingerprint density at radius 3 is 3.06 bits per heavy atom. The average Bonchev–Trinajstić information content (AvgIpc) is 2.39. The highest BCUT2D eigenvalue weighted by molar-refractivity contribution is 5.72. The molecule has 0 saturated carbocycles. The Labute approximate surface area is 101 Å². The third kappa shape index (κ3) is 2.03. The summed E-state index contributed by atoms with van der Waals surface area (Å²) < 4.78 is 5.83. The van der Waals surface area contributed by atoms with Gasteiger partial charge in [-0.1, -0.05) is 12.2 Å². The van der Waals surface area contributed by atoms with Crippen molar-refractivity contribution in [3.63, 3.8) is 0 Å². The number of phenolic OH excluding ortho intramolecular Hbond substituents is 1. The summed E-state index contributed by atoms with van der Waals surface area (Å²) in [5.41, 5.74) is 2.24. The third-order valence-corrected chi connectivity index (χ3v) is 3.42. The van der Waals surface area contributed by atoms with Crippen molar-refractivity contribution < 1.29 is 9.84 Å². The van der Waals surface area contributed by atoms with E-state index in [1.54, 1.807) is 12.1 Å². The molecule has 0 aliphatic carbocycles. The monoisotopic (exact) mass is 231 g/mol. The molecule has 0 bridgehead atoms. The maximum atomic E-state index is 9.50. The van der Waals surface area contributed by atoms with E-state index in [2.05, 4.69) is 17.1 Å². The van der Waals surface area contributed by atoms with Gasteiger partial charge < -0.3 is 14.7 Å². The van der Waals surface area contributed by atoms with Crippen molar-refractivity contribution >= 4 is 11.8 Å². The van der Waals surface area contributed by atoms with Gasteiger partial charge in [0.2, 0.25) is 0 Å². The number of phenols is 1. The number of hydrogen-bond donors (Lipinski definition) is 1. The number of aromatic hydroxyl groups is 1. The zero-order chi connectivity index (χ0) is 11.7. The van der Waals surface area contributed by atoms with E-state index in [-0.39, 0.29) is 6.23 Å². The minimum absolute atomic E-state index is 0.192. The fourth-order valence-corrected chi connectivity index (χ4v) is 2.57. The highest BCUT2D eigenvalue weighted by atomic mass is 16.5. The van der Waals surface area contributed by atoms with Gasteiger partial charge in [-0.05, 0) is 37.5 Å². The summed E-state index contributed by atoms with van der Waals surface area (Å²) in [5, 5.41) is 9.50. The van der Waals surface area contributed by atoms with Crippen LogP contribution in [0.2, 0.25) is 0 Å². The highest BCUT2D eigenvalue weighted by Crippen LogP contribution is 2.32. The van der Waals surface area contributed by atoms with Gasteiger partial charge in [-0.15, -0.1) is 0 Å². The van der Waals surface area contributed by atoms with Gasteiger partial charge in [-0.25, -0.2) is 0 Å². The smallest absolute Gasteiger partial charge is 0.130 e. The lowest BCUT2D eigenvalue weighted by Crippen LogP contribution is -2.41. The molecule has 1 N–H and O–H groups in total. The summed E-state index contributed by atoms with van der Waals surface area (Å²) in [7, 11) is 0.